The number of carbonyl (C=O) groups excluding carboxylic acids is 1. The summed E-state index contributed by atoms with van der Waals surface area (Å²) in [6.07, 6.45) is 1.66. The molecule has 1 rings (SSSR count). The first-order valence-electron chi connectivity index (χ1n) is 5.97. The third-order valence-electron chi connectivity index (χ3n) is 2.68. The molecule has 0 bridgehead atoms. The quantitative estimate of drug-likeness (QED) is 0.812. The van der Waals surface area contributed by atoms with Crippen molar-refractivity contribution >= 4 is 5.91 Å². The Hall–Kier alpha value is -1.62. The Morgan fingerprint density at radius 1 is 1.56 bits per heavy atom. The number of rotatable bonds is 6. The molecule has 0 spiro atoms. The van der Waals surface area contributed by atoms with Gasteiger partial charge in [0, 0.05) is 12.6 Å². The molecular weight excluding hydrogens is 235 g/mol. The first-order chi connectivity index (χ1) is 8.63. The summed E-state index contributed by atoms with van der Waals surface area (Å²) < 4.78 is 18.6. The lowest BCUT2D eigenvalue weighted by atomic mass is 10.1. The summed E-state index contributed by atoms with van der Waals surface area (Å²) in [5.74, 6) is -0.868. The Bertz CT molecular complexity index is 410. The van der Waals surface area contributed by atoms with Crippen molar-refractivity contribution in [3.05, 3.63) is 29.6 Å². The second-order valence-electron chi connectivity index (χ2n) is 4.01. The van der Waals surface area contributed by atoms with E-state index in [4.69, 9.17) is 10.5 Å². The second kappa shape index (κ2) is 6.96. The van der Waals surface area contributed by atoms with Crippen LogP contribution >= 0.6 is 0 Å². The van der Waals surface area contributed by atoms with E-state index in [0.29, 0.717) is 6.54 Å². The number of hydrogen-bond acceptors (Lipinski definition) is 3. The lowest BCUT2D eigenvalue weighted by Gasteiger charge is -2.17. The first-order valence-corrected chi connectivity index (χ1v) is 5.97. The molecule has 1 aromatic rings. The van der Waals surface area contributed by atoms with Gasteiger partial charge in [0.25, 0.3) is 5.91 Å². The van der Waals surface area contributed by atoms with Crippen LogP contribution in [-0.2, 0) is 0 Å². The maximum atomic E-state index is 13.7. The Morgan fingerprint density at radius 3 is 2.83 bits per heavy atom. The maximum absolute atomic E-state index is 13.7. The van der Waals surface area contributed by atoms with Crippen LogP contribution in [0.3, 0.4) is 0 Å². The molecule has 0 saturated heterocycles. The van der Waals surface area contributed by atoms with Crippen molar-refractivity contribution in [3.8, 4) is 5.75 Å². The first kappa shape index (κ1) is 14.4. The number of hydrogen-bond donors (Lipinski definition) is 2. The summed E-state index contributed by atoms with van der Waals surface area (Å²) in [6, 6.07) is 4.13. The van der Waals surface area contributed by atoms with Crippen LogP contribution in [-0.4, -0.2) is 25.6 Å². The third-order valence-corrected chi connectivity index (χ3v) is 2.68. The molecule has 0 heterocycles. The van der Waals surface area contributed by atoms with Crippen LogP contribution in [0.1, 0.15) is 30.1 Å². The Balaban J connectivity index is 2.89. The smallest absolute Gasteiger partial charge is 0.258 e. The molecule has 0 aliphatic carbocycles. The van der Waals surface area contributed by atoms with E-state index >= 15 is 0 Å². The van der Waals surface area contributed by atoms with Crippen molar-refractivity contribution in [3.63, 3.8) is 0 Å². The molecule has 0 saturated carbocycles. The van der Waals surface area contributed by atoms with E-state index in [1.54, 1.807) is 6.07 Å². The van der Waals surface area contributed by atoms with Gasteiger partial charge < -0.3 is 15.8 Å². The number of nitrogens with one attached hydrogen (secondary N) is 1. The molecule has 1 unspecified atom stereocenters. The van der Waals surface area contributed by atoms with Crippen molar-refractivity contribution in [2.75, 3.05) is 13.7 Å². The summed E-state index contributed by atoms with van der Waals surface area (Å²) in [4.78, 5) is 12.0. The minimum absolute atomic E-state index is 0.0745. The summed E-state index contributed by atoms with van der Waals surface area (Å²) >= 11 is 0. The van der Waals surface area contributed by atoms with E-state index in [1.165, 1.54) is 19.2 Å². The molecule has 0 aliphatic rings. The van der Waals surface area contributed by atoms with E-state index in [2.05, 4.69) is 5.32 Å². The molecule has 1 amide bonds. The van der Waals surface area contributed by atoms with Crippen LogP contribution in [0.2, 0.25) is 0 Å². The Labute approximate surface area is 106 Å². The van der Waals surface area contributed by atoms with E-state index in [9.17, 15) is 9.18 Å². The molecular formula is C13H19FN2O2. The van der Waals surface area contributed by atoms with Crippen LogP contribution in [0.5, 0.6) is 5.75 Å². The molecule has 18 heavy (non-hydrogen) atoms. The summed E-state index contributed by atoms with van der Waals surface area (Å²) in [5.41, 5.74) is 5.48. The van der Waals surface area contributed by atoms with E-state index in [1.807, 2.05) is 6.92 Å². The Kier molecular flexibility index (Phi) is 5.58. The van der Waals surface area contributed by atoms with Gasteiger partial charge in [-0.05, 0) is 18.6 Å². The molecule has 0 aromatic heterocycles. The zero-order valence-electron chi connectivity index (χ0n) is 10.7. The highest BCUT2D eigenvalue weighted by Gasteiger charge is 2.19. The van der Waals surface area contributed by atoms with Crippen molar-refractivity contribution in [2.24, 2.45) is 5.73 Å². The minimum atomic E-state index is -0.598. The van der Waals surface area contributed by atoms with Crippen molar-refractivity contribution in [1.82, 2.24) is 5.32 Å². The van der Waals surface area contributed by atoms with Gasteiger partial charge in [-0.25, -0.2) is 4.39 Å². The lowest BCUT2D eigenvalue weighted by molar-refractivity contribution is 0.0928. The van der Waals surface area contributed by atoms with Crippen LogP contribution in [0, 0.1) is 5.82 Å². The van der Waals surface area contributed by atoms with Crippen molar-refractivity contribution in [1.29, 1.82) is 0 Å². The van der Waals surface area contributed by atoms with Gasteiger partial charge in [-0.1, -0.05) is 19.4 Å². The van der Waals surface area contributed by atoms with Gasteiger partial charge in [0.2, 0.25) is 0 Å². The Morgan fingerprint density at radius 2 is 2.28 bits per heavy atom. The topological polar surface area (TPSA) is 64.3 Å². The third kappa shape index (κ3) is 3.43. The number of amides is 1. The van der Waals surface area contributed by atoms with Gasteiger partial charge in [-0.2, -0.15) is 0 Å². The second-order valence-corrected chi connectivity index (χ2v) is 4.01. The number of nitrogens with two attached hydrogens (primary N) is 1. The molecule has 4 nitrogen and oxygen atoms in total. The molecule has 0 fully saturated rings. The van der Waals surface area contributed by atoms with Gasteiger partial charge in [0.1, 0.15) is 17.1 Å². The normalized spacial score (nSPS) is 12.0. The van der Waals surface area contributed by atoms with Gasteiger partial charge in [0.05, 0.1) is 7.11 Å². The van der Waals surface area contributed by atoms with Crippen molar-refractivity contribution < 1.29 is 13.9 Å². The van der Waals surface area contributed by atoms with Crippen LogP contribution in [0.4, 0.5) is 4.39 Å². The molecule has 3 N–H and O–H groups in total. The molecule has 1 atom stereocenters. The van der Waals surface area contributed by atoms with Gasteiger partial charge in [-0.15, -0.1) is 0 Å². The van der Waals surface area contributed by atoms with E-state index in [-0.39, 0.29) is 17.4 Å². The monoisotopic (exact) mass is 254 g/mol. The summed E-state index contributed by atoms with van der Waals surface area (Å²) in [7, 11) is 1.40. The standard InChI is InChI=1S/C13H19FN2O2/c1-3-5-9(8-15)16-13(17)12-10(14)6-4-7-11(12)18-2/h4,6-7,9H,3,5,8,15H2,1-2H3,(H,16,17). The highest BCUT2D eigenvalue weighted by Crippen LogP contribution is 2.21. The fourth-order valence-corrected chi connectivity index (χ4v) is 1.75. The summed E-state index contributed by atoms with van der Waals surface area (Å²) in [5, 5.41) is 2.72. The van der Waals surface area contributed by atoms with Crippen LogP contribution in [0.25, 0.3) is 0 Å². The molecule has 100 valence electrons. The molecule has 0 radical (unpaired) electrons. The predicted octanol–water partition coefficient (Wildman–Crippen LogP) is 1.69. The number of ether oxygens (including phenoxy) is 1. The number of carbonyl (C=O) groups is 1. The minimum Gasteiger partial charge on any atom is -0.496 e. The molecule has 0 aliphatic heterocycles. The van der Waals surface area contributed by atoms with Gasteiger partial charge >= 0.3 is 0 Å². The van der Waals surface area contributed by atoms with E-state index in [0.717, 1.165) is 12.8 Å². The zero-order chi connectivity index (χ0) is 13.5. The fraction of sp³-hybridized carbons (Fsp3) is 0.462. The molecule has 1 aromatic carbocycles. The number of methoxy groups -OCH3 is 1. The molecule has 5 heteroatoms. The van der Waals surface area contributed by atoms with E-state index < -0.39 is 11.7 Å². The maximum Gasteiger partial charge on any atom is 0.258 e. The lowest BCUT2D eigenvalue weighted by Crippen LogP contribution is -2.40. The van der Waals surface area contributed by atoms with Crippen LogP contribution < -0.4 is 15.8 Å². The van der Waals surface area contributed by atoms with Crippen molar-refractivity contribution in [2.45, 2.75) is 25.8 Å². The highest BCUT2D eigenvalue weighted by molar-refractivity contribution is 5.97. The SMILES string of the molecule is CCCC(CN)NC(=O)c1c(F)cccc1OC. The van der Waals surface area contributed by atoms with Gasteiger partial charge in [0.15, 0.2) is 0 Å². The number of benzene rings is 1. The van der Waals surface area contributed by atoms with Crippen LogP contribution in [0.15, 0.2) is 18.2 Å². The predicted molar refractivity (Wildman–Crippen MR) is 68.2 cm³/mol. The average molecular weight is 254 g/mol. The number of halogens is 1. The van der Waals surface area contributed by atoms with Gasteiger partial charge in [-0.3, -0.25) is 4.79 Å². The summed E-state index contributed by atoms with van der Waals surface area (Å²) in [6.45, 7) is 2.33. The zero-order valence-corrected chi connectivity index (χ0v) is 10.7. The highest BCUT2D eigenvalue weighted by atomic mass is 19.1. The largest absolute Gasteiger partial charge is 0.496 e. The average Bonchev–Trinajstić information content (AvgIpc) is 2.37. The fourth-order valence-electron chi connectivity index (χ4n) is 1.75.